The number of amides is 2. The first-order valence-corrected chi connectivity index (χ1v) is 13.2. The van der Waals surface area contributed by atoms with Crippen molar-refractivity contribution < 1.29 is 29.0 Å². The number of aliphatic carboxylic acids is 1. The summed E-state index contributed by atoms with van der Waals surface area (Å²) in [7, 11) is 3.36. The van der Waals surface area contributed by atoms with Crippen molar-refractivity contribution in [3.05, 3.63) is 36.2 Å². The van der Waals surface area contributed by atoms with Crippen LogP contribution in [0.3, 0.4) is 0 Å². The molecule has 202 valence electrons. The number of ether oxygens (including phenoxy) is 2. The number of rotatable bonds is 4. The predicted molar refractivity (Wildman–Crippen MR) is 139 cm³/mol. The number of hydrogen-bond acceptors (Lipinski definition) is 7. The summed E-state index contributed by atoms with van der Waals surface area (Å²) in [6, 6.07) is 3.67. The predicted octanol–water partition coefficient (Wildman–Crippen LogP) is 2.88. The number of fused-ring (bicyclic) bond motifs is 3. The van der Waals surface area contributed by atoms with Gasteiger partial charge in [0, 0.05) is 25.1 Å². The molecule has 1 aromatic carbocycles. The van der Waals surface area contributed by atoms with Gasteiger partial charge in [-0.3, -0.25) is 9.59 Å². The number of carboxylic acids is 1. The maximum Gasteiger partial charge on any atom is 0.330 e. The highest BCUT2D eigenvalue weighted by molar-refractivity contribution is 5.94. The lowest BCUT2D eigenvalue weighted by Crippen LogP contribution is -2.49. The van der Waals surface area contributed by atoms with Crippen molar-refractivity contribution >= 4 is 28.7 Å². The molecule has 0 saturated heterocycles. The fourth-order valence-electron chi connectivity index (χ4n) is 5.89. The molecule has 0 spiro atoms. The van der Waals surface area contributed by atoms with E-state index in [-0.39, 0.29) is 18.2 Å². The maximum atomic E-state index is 13.5. The molecule has 1 unspecified atom stereocenters. The van der Waals surface area contributed by atoms with Crippen LogP contribution in [0.2, 0.25) is 0 Å². The van der Waals surface area contributed by atoms with Crippen molar-refractivity contribution in [3.8, 4) is 11.6 Å². The standard InChI is InChI=1S/C28H34N4O6/c1-16-22(37-3)10-9-19-23(16)29-15-30-25(19)38-18-12-20-21(13-18)26(34)32(2)11-7-5-4-6-8-17-14-28(17,27(35)36)31-24(20)33/h6,8-10,15,17-18,20-21H,4-5,7,11-14H2,1-3H3,(H,31,33)(H,35,36)/b8-6-/t17-,18-,20-,21?,28-/m1/s1. The van der Waals surface area contributed by atoms with Crippen LogP contribution in [0.15, 0.2) is 30.6 Å². The highest BCUT2D eigenvalue weighted by Gasteiger charge is 2.61. The van der Waals surface area contributed by atoms with Crippen molar-refractivity contribution in [2.75, 3.05) is 20.7 Å². The second-order valence-corrected chi connectivity index (χ2v) is 10.7. The van der Waals surface area contributed by atoms with Gasteiger partial charge < -0.3 is 24.8 Å². The SMILES string of the molecule is COc1ccc2c(O[C@H]3CC4C(=O)N(C)CCCC/C=C\[C@@H]5C[C@@]5(C(=O)O)NC(=O)[C@@H]4C3)ncnc2c1C. The van der Waals surface area contributed by atoms with E-state index in [2.05, 4.69) is 15.3 Å². The van der Waals surface area contributed by atoms with Gasteiger partial charge in [0.2, 0.25) is 17.7 Å². The third-order valence-electron chi connectivity index (χ3n) is 8.25. The van der Waals surface area contributed by atoms with Crippen molar-refractivity contribution in [2.24, 2.45) is 17.8 Å². The van der Waals surface area contributed by atoms with E-state index in [9.17, 15) is 19.5 Å². The second-order valence-electron chi connectivity index (χ2n) is 10.7. The fraction of sp³-hybridized carbons (Fsp3) is 0.536. The Labute approximate surface area is 221 Å². The lowest BCUT2D eigenvalue weighted by atomic mass is 9.93. The molecule has 5 rings (SSSR count). The van der Waals surface area contributed by atoms with Gasteiger partial charge in [0.05, 0.1) is 29.8 Å². The molecule has 1 aliphatic heterocycles. The topological polar surface area (TPSA) is 131 Å². The van der Waals surface area contributed by atoms with Crippen LogP contribution in [0.4, 0.5) is 0 Å². The lowest BCUT2D eigenvalue weighted by molar-refractivity contribution is -0.145. The highest BCUT2D eigenvalue weighted by atomic mass is 16.5. The summed E-state index contributed by atoms with van der Waals surface area (Å²) < 4.78 is 11.7. The molecule has 2 aromatic rings. The van der Waals surface area contributed by atoms with E-state index in [0.29, 0.717) is 36.5 Å². The monoisotopic (exact) mass is 522 g/mol. The van der Waals surface area contributed by atoms with Crippen molar-refractivity contribution in [1.29, 1.82) is 0 Å². The highest BCUT2D eigenvalue weighted by Crippen LogP contribution is 2.46. The minimum absolute atomic E-state index is 0.117. The van der Waals surface area contributed by atoms with Crippen LogP contribution in [0, 0.1) is 24.7 Å². The molecule has 2 fully saturated rings. The Morgan fingerprint density at radius 2 is 1.97 bits per heavy atom. The van der Waals surface area contributed by atoms with Crippen LogP contribution in [-0.2, 0) is 14.4 Å². The van der Waals surface area contributed by atoms with Crippen molar-refractivity contribution in [1.82, 2.24) is 20.2 Å². The zero-order valence-corrected chi connectivity index (χ0v) is 22.0. The third-order valence-corrected chi connectivity index (χ3v) is 8.25. The van der Waals surface area contributed by atoms with Crippen LogP contribution in [0.1, 0.15) is 44.1 Å². The van der Waals surface area contributed by atoms with Crippen molar-refractivity contribution in [3.63, 3.8) is 0 Å². The Balaban J connectivity index is 1.42. The number of carbonyl (C=O) groups excluding carboxylic acids is 2. The largest absolute Gasteiger partial charge is 0.496 e. The maximum absolute atomic E-state index is 13.5. The first-order valence-electron chi connectivity index (χ1n) is 13.2. The summed E-state index contributed by atoms with van der Waals surface area (Å²) in [5.41, 5.74) is 0.256. The minimum Gasteiger partial charge on any atom is -0.496 e. The van der Waals surface area contributed by atoms with E-state index >= 15 is 0 Å². The zero-order chi connectivity index (χ0) is 27.0. The van der Waals surface area contributed by atoms with Crippen LogP contribution < -0.4 is 14.8 Å². The minimum atomic E-state index is -1.31. The van der Waals surface area contributed by atoms with Gasteiger partial charge >= 0.3 is 5.97 Å². The van der Waals surface area contributed by atoms with E-state index in [1.54, 1.807) is 19.1 Å². The molecule has 1 aromatic heterocycles. The molecule has 38 heavy (non-hydrogen) atoms. The van der Waals surface area contributed by atoms with E-state index < -0.39 is 35.4 Å². The molecule has 5 atom stereocenters. The second kappa shape index (κ2) is 10.2. The molecule has 2 heterocycles. The average Bonchev–Trinajstić information content (AvgIpc) is 3.43. The number of aryl methyl sites for hydroxylation is 1. The van der Waals surface area contributed by atoms with Crippen LogP contribution in [0.25, 0.3) is 10.9 Å². The summed E-state index contributed by atoms with van der Waals surface area (Å²) in [6.45, 7) is 2.51. The number of nitrogens with one attached hydrogen (secondary N) is 1. The fourth-order valence-corrected chi connectivity index (χ4v) is 5.89. The van der Waals surface area contributed by atoms with Gasteiger partial charge in [-0.25, -0.2) is 14.8 Å². The number of nitrogens with zero attached hydrogens (tertiary/aromatic N) is 3. The summed E-state index contributed by atoms with van der Waals surface area (Å²) in [6.07, 6.45) is 8.40. The molecular formula is C28H34N4O6. The third kappa shape index (κ3) is 4.68. The number of carbonyl (C=O) groups is 3. The van der Waals surface area contributed by atoms with Gasteiger partial charge in [-0.1, -0.05) is 12.2 Å². The zero-order valence-electron chi connectivity index (χ0n) is 22.0. The van der Waals surface area contributed by atoms with Crippen molar-refractivity contribution in [2.45, 2.75) is 57.1 Å². The smallest absolute Gasteiger partial charge is 0.330 e. The van der Waals surface area contributed by atoms with Gasteiger partial charge in [-0.05, 0) is 57.6 Å². The molecule has 2 N–H and O–H groups in total. The Kier molecular flexibility index (Phi) is 6.98. The Morgan fingerprint density at radius 1 is 1.18 bits per heavy atom. The number of aromatic nitrogens is 2. The molecule has 10 nitrogen and oxygen atoms in total. The number of allylic oxidation sites excluding steroid dienone is 1. The van der Waals surface area contributed by atoms with E-state index in [1.807, 2.05) is 31.2 Å². The molecular weight excluding hydrogens is 488 g/mol. The Bertz CT molecular complexity index is 1300. The quantitative estimate of drug-likeness (QED) is 0.586. The van der Waals surface area contributed by atoms with Gasteiger partial charge in [0.1, 0.15) is 23.7 Å². The summed E-state index contributed by atoms with van der Waals surface area (Å²) in [5.74, 6) is -2.04. The van der Waals surface area contributed by atoms with Crippen LogP contribution in [-0.4, -0.2) is 70.1 Å². The molecule has 2 amide bonds. The average molecular weight is 523 g/mol. The van der Waals surface area contributed by atoms with E-state index in [0.717, 1.165) is 30.2 Å². The first kappa shape index (κ1) is 25.9. The normalized spacial score (nSPS) is 30.6. The summed E-state index contributed by atoms with van der Waals surface area (Å²) >= 11 is 0. The van der Waals surface area contributed by atoms with Crippen LogP contribution in [0.5, 0.6) is 11.6 Å². The van der Waals surface area contributed by atoms with Gasteiger partial charge in [-0.15, -0.1) is 0 Å². The molecule has 0 radical (unpaired) electrons. The molecule has 3 aliphatic rings. The first-order chi connectivity index (χ1) is 18.2. The van der Waals surface area contributed by atoms with Gasteiger partial charge in [-0.2, -0.15) is 0 Å². The van der Waals surface area contributed by atoms with E-state index in [4.69, 9.17) is 9.47 Å². The summed E-state index contributed by atoms with van der Waals surface area (Å²) in [4.78, 5) is 49.6. The molecule has 10 heteroatoms. The number of methoxy groups -OCH3 is 1. The van der Waals surface area contributed by atoms with Gasteiger partial charge in [0.15, 0.2) is 0 Å². The Hall–Kier alpha value is -3.69. The number of hydrogen-bond donors (Lipinski definition) is 2. The summed E-state index contributed by atoms with van der Waals surface area (Å²) in [5, 5.41) is 13.5. The Morgan fingerprint density at radius 3 is 2.74 bits per heavy atom. The molecule has 0 bridgehead atoms. The molecule has 2 aliphatic carbocycles. The lowest BCUT2D eigenvalue weighted by Gasteiger charge is -2.26. The van der Waals surface area contributed by atoms with E-state index in [1.165, 1.54) is 6.33 Å². The molecule has 2 saturated carbocycles. The van der Waals surface area contributed by atoms with Gasteiger partial charge in [0.25, 0.3) is 0 Å². The number of benzene rings is 1. The number of carboxylic acid groups (broad SMARTS) is 1. The van der Waals surface area contributed by atoms with Crippen LogP contribution >= 0.6 is 0 Å².